The molecule has 2 heterocycles. The van der Waals surface area contributed by atoms with Gasteiger partial charge in [0.25, 0.3) is 0 Å². The molecule has 2 aromatic carbocycles. The number of para-hydroxylation sites is 1. The van der Waals surface area contributed by atoms with Crippen molar-refractivity contribution in [3.05, 3.63) is 70.8 Å². The normalized spacial score (nSPS) is 26.6. The Hall–Kier alpha value is -1.86. The topological polar surface area (TPSA) is 58.6 Å². The number of sulfonamides is 1. The van der Waals surface area contributed by atoms with E-state index in [1.807, 2.05) is 24.3 Å². The molecule has 7 heteroatoms. The summed E-state index contributed by atoms with van der Waals surface area (Å²) in [4.78, 5) is 0.332. The fraction of sp³-hybridized carbons (Fsp3) is 0.364. The van der Waals surface area contributed by atoms with Crippen molar-refractivity contribution < 1.29 is 13.2 Å². The minimum Gasteiger partial charge on any atom is -0.379 e. The molecule has 0 spiro atoms. The molecule has 0 amide bonds. The van der Waals surface area contributed by atoms with Crippen LogP contribution in [0.4, 0.5) is 5.69 Å². The van der Waals surface area contributed by atoms with E-state index < -0.39 is 10.0 Å². The third kappa shape index (κ3) is 3.28. The second kappa shape index (κ2) is 7.43. The fourth-order valence-electron chi connectivity index (χ4n) is 4.70. The van der Waals surface area contributed by atoms with Crippen molar-refractivity contribution in [3.63, 3.8) is 0 Å². The molecule has 2 aromatic rings. The van der Waals surface area contributed by atoms with Gasteiger partial charge in [0.1, 0.15) is 0 Å². The minimum atomic E-state index is -3.48. The number of benzene rings is 2. The highest BCUT2D eigenvalue weighted by molar-refractivity contribution is 7.89. The van der Waals surface area contributed by atoms with Gasteiger partial charge in [0.05, 0.1) is 34.9 Å². The predicted octanol–water partition coefficient (Wildman–Crippen LogP) is 4.19. The Morgan fingerprint density at radius 3 is 2.59 bits per heavy atom. The molecule has 3 atom stereocenters. The van der Waals surface area contributed by atoms with Crippen LogP contribution in [0.2, 0.25) is 5.02 Å². The molecule has 1 N–H and O–H groups in total. The summed E-state index contributed by atoms with van der Waals surface area (Å²) in [6.07, 6.45) is 5.49. The molecule has 5 rings (SSSR count). The molecule has 1 aliphatic carbocycles. The standard InChI is InChI=1S/C22H23ClN2O3S/c23-20-6-2-5-19-17-3-1-4-18(17)21(24-22(19)20)15-7-9-16(10-8-15)29(26,27)25-11-13-28-14-12-25/h1-3,5-10,17-18,21,24H,4,11-14H2/t17-,18+,21+/m1/s1. The molecule has 1 fully saturated rings. The smallest absolute Gasteiger partial charge is 0.243 e. The third-order valence-corrected chi connectivity index (χ3v) is 8.42. The van der Waals surface area contributed by atoms with E-state index in [0.717, 1.165) is 22.7 Å². The lowest BCUT2D eigenvalue weighted by atomic mass is 9.77. The first-order valence-corrected chi connectivity index (χ1v) is 11.8. The molecule has 0 radical (unpaired) electrons. The predicted molar refractivity (Wildman–Crippen MR) is 114 cm³/mol. The van der Waals surface area contributed by atoms with Crippen molar-refractivity contribution in [1.29, 1.82) is 0 Å². The van der Waals surface area contributed by atoms with Gasteiger partial charge in [-0.25, -0.2) is 8.42 Å². The van der Waals surface area contributed by atoms with Gasteiger partial charge < -0.3 is 10.1 Å². The molecular weight excluding hydrogens is 408 g/mol. The van der Waals surface area contributed by atoms with Crippen LogP contribution < -0.4 is 5.32 Å². The number of rotatable bonds is 3. The maximum atomic E-state index is 12.9. The lowest BCUT2D eigenvalue weighted by molar-refractivity contribution is 0.0730. The van der Waals surface area contributed by atoms with Crippen molar-refractivity contribution in [2.75, 3.05) is 31.6 Å². The van der Waals surface area contributed by atoms with Crippen LogP contribution in [0.5, 0.6) is 0 Å². The number of fused-ring (bicyclic) bond motifs is 3. The van der Waals surface area contributed by atoms with Crippen molar-refractivity contribution in [2.24, 2.45) is 5.92 Å². The maximum absolute atomic E-state index is 12.9. The van der Waals surface area contributed by atoms with Gasteiger partial charge in [-0.1, -0.05) is 48.0 Å². The minimum absolute atomic E-state index is 0.0857. The quantitative estimate of drug-likeness (QED) is 0.742. The van der Waals surface area contributed by atoms with Gasteiger partial charge in [0.2, 0.25) is 10.0 Å². The molecule has 0 unspecified atom stereocenters. The van der Waals surface area contributed by atoms with Crippen LogP contribution >= 0.6 is 11.6 Å². The van der Waals surface area contributed by atoms with Crippen LogP contribution in [-0.2, 0) is 14.8 Å². The zero-order valence-corrected chi connectivity index (χ0v) is 17.5. The van der Waals surface area contributed by atoms with E-state index in [1.54, 1.807) is 12.1 Å². The van der Waals surface area contributed by atoms with Crippen LogP contribution in [0.15, 0.2) is 59.5 Å². The van der Waals surface area contributed by atoms with Gasteiger partial charge in [-0.3, -0.25) is 0 Å². The Balaban J connectivity index is 1.45. The number of halogens is 1. The molecule has 3 aliphatic rings. The van der Waals surface area contributed by atoms with Crippen LogP contribution in [0.1, 0.15) is 29.5 Å². The zero-order valence-electron chi connectivity index (χ0n) is 15.9. The summed E-state index contributed by atoms with van der Waals surface area (Å²) >= 11 is 6.47. The van der Waals surface area contributed by atoms with Crippen LogP contribution in [0, 0.1) is 5.92 Å². The van der Waals surface area contributed by atoms with Crippen LogP contribution in [0.25, 0.3) is 0 Å². The number of allylic oxidation sites excluding steroid dienone is 2. The lowest BCUT2D eigenvalue weighted by Gasteiger charge is -2.38. The summed E-state index contributed by atoms with van der Waals surface area (Å²) in [5.74, 6) is 0.717. The molecule has 152 valence electrons. The second-order valence-corrected chi connectivity index (χ2v) is 10.1. The van der Waals surface area contributed by atoms with E-state index in [-0.39, 0.29) is 6.04 Å². The zero-order chi connectivity index (χ0) is 20.0. The van der Waals surface area contributed by atoms with Crippen molar-refractivity contribution >= 4 is 27.3 Å². The largest absolute Gasteiger partial charge is 0.379 e. The summed E-state index contributed by atoms with van der Waals surface area (Å²) in [5, 5.41) is 4.35. The Kier molecular flexibility index (Phi) is 4.90. The number of nitrogens with one attached hydrogen (secondary N) is 1. The van der Waals surface area contributed by atoms with Crippen molar-refractivity contribution in [2.45, 2.75) is 23.3 Å². The number of hydrogen-bond acceptors (Lipinski definition) is 4. The Morgan fingerprint density at radius 1 is 1.07 bits per heavy atom. The molecule has 0 saturated carbocycles. The van der Waals surface area contributed by atoms with E-state index in [9.17, 15) is 8.42 Å². The monoisotopic (exact) mass is 430 g/mol. The average Bonchev–Trinajstić information content (AvgIpc) is 3.25. The summed E-state index contributed by atoms with van der Waals surface area (Å²) in [7, 11) is -3.48. The molecule has 1 saturated heterocycles. The average molecular weight is 431 g/mol. The van der Waals surface area contributed by atoms with Gasteiger partial charge in [0.15, 0.2) is 0 Å². The van der Waals surface area contributed by atoms with Gasteiger partial charge in [-0.15, -0.1) is 0 Å². The van der Waals surface area contributed by atoms with E-state index in [0.29, 0.717) is 43.0 Å². The first kappa shape index (κ1) is 19.1. The van der Waals surface area contributed by atoms with E-state index in [1.165, 1.54) is 9.87 Å². The van der Waals surface area contributed by atoms with Crippen molar-refractivity contribution in [3.8, 4) is 0 Å². The summed E-state index contributed by atoms with van der Waals surface area (Å²) in [5.41, 5.74) is 3.30. The summed E-state index contributed by atoms with van der Waals surface area (Å²) < 4.78 is 32.6. The van der Waals surface area contributed by atoms with E-state index >= 15 is 0 Å². The molecule has 5 nitrogen and oxygen atoms in total. The number of hydrogen-bond donors (Lipinski definition) is 1. The Labute approximate surface area is 176 Å². The third-order valence-electron chi connectivity index (χ3n) is 6.19. The molecule has 0 bridgehead atoms. The van der Waals surface area contributed by atoms with E-state index in [4.69, 9.17) is 16.3 Å². The summed E-state index contributed by atoms with van der Waals surface area (Å²) in [6.45, 7) is 1.69. The molecular formula is C22H23ClN2O3S. The number of nitrogens with zero attached hydrogens (tertiary/aromatic N) is 1. The number of ether oxygens (including phenoxy) is 1. The second-order valence-electron chi connectivity index (χ2n) is 7.77. The van der Waals surface area contributed by atoms with Crippen LogP contribution in [0.3, 0.4) is 0 Å². The summed E-state index contributed by atoms with van der Waals surface area (Å²) in [6, 6.07) is 13.4. The Bertz CT molecular complexity index is 1050. The highest BCUT2D eigenvalue weighted by Crippen LogP contribution is 2.51. The number of anilines is 1. The first-order valence-electron chi connectivity index (χ1n) is 9.95. The maximum Gasteiger partial charge on any atom is 0.243 e. The van der Waals surface area contributed by atoms with E-state index in [2.05, 4.69) is 23.5 Å². The van der Waals surface area contributed by atoms with Gasteiger partial charge in [-0.2, -0.15) is 4.31 Å². The molecule has 29 heavy (non-hydrogen) atoms. The van der Waals surface area contributed by atoms with Crippen LogP contribution in [-0.4, -0.2) is 39.0 Å². The van der Waals surface area contributed by atoms with Crippen molar-refractivity contribution in [1.82, 2.24) is 4.31 Å². The molecule has 2 aliphatic heterocycles. The highest BCUT2D eigenvalue weighted by Gasteiger charge is 2.38. The van der Waals surface area contributed by atoms with Gasteiger partial charge >= 0.3 is 0 Å². The SMILES string of the molecule is O=S(=O)(c1ccc([C@@H]2Nc3c(Cl)cccc3[C@@H]3C=CC[C@@H]32)cc1)N1CCOCC1. The fourth-order valence-corrected chi connectivity index (χ4v) is 6.34. The first-order chi connectivity index (χ1) is 14.1. The number of morpholine rings is 1. The molecule has 0 aromatic heterocycles. The Morgan fingerprint density at radius 2 is 1.83 bits per heavy atom. The highest BCUT2D eigenvalue weighted by atomic mass is 35.5. The lowest BCUT2D eigenvalue weighted by Crippen LogP contribution is -2.40. The van der Waals surface area contributed by atoms with Gasteiger partial charge in [0, 0.05) is 19.0 Å². The van der Waals surface area contributed by atoms with Gasteiger partial charge in [-0.05, 0) is 41.7 Å².